The molecule has 2 unspecified atom stereocenters. The molecule has 11 heavy (non-hydrogen) atoms. The Morgan fingerprint density at radius 1 is 1.64 bits per heavy atom. The Kier molecular flexibility index (Phi) is 1.46. The van der Waals surface area contributed by atoms with Crippen LogP contribution in [0.5, 0.6) is 0 Å². The minimum absolute atomic E-state index is 0.126. The number of ether oxygens (including phenoxy) is 2. The molecule has 3 nitrogen and oxygen atoms in total. The molecule has 1 fully saturated rings. The van der Waals surface area contributed by atoms with E-state index in [-0.39, 0.29) is 18.0 Å². The summed E-state index contributed by atoms with van der Waals surface area (Å²) >= 11 is 0. The molecule has 0 aromatic heterocycles. The van der Waals surface area contributed by atoms with Gasteiger partial charge in [-0.3, -0.25) is 4.79 Å². The molecule has 0 saturated carbocycles. The van der Waals surface area contributed by atoms with E-state index in [1.807, 2.05) is 13.0 Å². The Morgan fingerprint density at radius 2 is 2.45 bits per heavy atom. The highest BCUT2D eigenvalue weighted by Crippen LogP contribution is 2.32. The van der Waals surface area contributed by atoms with E-state index in [9.17, 15) is 4.79 Å². The quantitative estimate of drug-likeness (QED) is 0.485. The van der Waals surface area contributed by atoms with Gasteiger partial charge in [-0.1, -0.05) is 0 Å². The largest absolute Gasteiger partial charge is 0.431 e. The first-order chi connectivity index (χ1) is 5.27. The summed E-state index contributed by atoms with van der Waals surface area (Å²) in [5.74, 6) is 0.864. The van der Waals surface area contributed by atoms with Gasteiger partial charge in [0, 0.05) is 0 Å². The maximum absolute atomic E-state index is 10.8. The van der Waals surface area contributed by atoms with Gasteiger partial charge in [0.25, 0.3) is 0 Å². The Hall–Kier alpha value is -0.830. The standard InChI is InChI=1S/C8H10O3/c1-5-6-4-8(9)11-7(6)2-3-10-5/h2,5-6H,3-4H2,1H3. The first-order valence-corrected chi connectivity index (χ1v) is 3.79. The number of carbonyl (C=O) groups excluding carboxylic acids is 1. The van der Waals surface area contributed by atoms with Crippen LogP contribution < -0.4 is 0 Å². The van der Waals surface area contributed by atoms with Crippen molar-refractivity contribution in [2.24, 2.45) is 5.92 Å². The van der Waals surface area contributed by atoms with E-state index in [4.69, 9.17) is 9.47 Å². The van der Waals surface area contributed by atoms with Gasteiger partial charge in [-0.15, -0.1) is 0 Å². The van der Waals surface area contributed by atoms with Gasteiger partial charge in [-0.2, -0.15) is 0 Å². The smallest absolute Gasteiger partial charge is 0.311 e. The number of esters is 1. The molecule has 2 aliphatic rings. The van der Waals surface area contributed by atoms with Crippen LogP contribution in [0.3, 0.4) is 0 Å². The van der Waals surface area contributed by atoms with Crippen LogP contribution in [0.25, 0.3) is 0 Å². The van der Waals surface area contributed by atoms with Crippen molar-refractivity contribution in [1.29, 1.82) is 0 Å². The second-order valence-electron chi connectivity index (χ2n) is 2.93. The first kappa shape index (κ1) is 6.85. The van der Waals surface area contributed by atoms with Crippen molar-refractivity contribution in [1.82, 2.24) is 0 Å². The fraction of sp³-hybridized carbons (Fsp3) is 0.625. The highest BCUT2D eigenvalue weighted by molar-refractivity contribution is 5.74. The summed E-state index contributed by atoms with van der Waals surface area (Å²) in [6.45, 7) is 2.54. The van der Waals surface area contributed by atoms with Gasteiger partial charge < -0.3 is 9.47 Å². The number of hydrogen-bond donors (Lipinski definition) is 0. The molecule has 0 bridgehead atoms. The predicted octanol–water partition coefficient (Wildman–Crippen LogP) is 0.852. The molecule has 60 valence electrons. The van der Waals surface area contributed by atoms with Gasteiger partial charge in [-0.05, 0) is 13.0 Å². The molecule has 0 amide bonds. The molecule has 0 aliphatic carbocycles. The van der Waals surface area contributed by atoms with Crippen LogP contribution in [0.4, 0.5) is 0 Å². The average Bonchev–Trinajstić information content (AvgIpc) is 2.31. The molecular formula is C8H10O3. The Balaban J connectivity index is 2.23. The van der Waals surface area contributed by atoms with Crippen molar-refractivity contribution in [3.63, 3.8) is 0 Å². The van der Waals surface area contributed by atoms with Gasteiger partial charge in [0.05, 0.1) is 25.0 Å². The van der Waals surface area contributed by atoms with Crippen molar-refractivity contribution < 1.29 is 14.3 Å². The van der Waals surface area contributed by atoms with Gasteiger partial charge in [-0.25, -0.2) is 0 Å². The number of carbonyl (C=O) groups is 1. The lowest BCUT2D eigenvalue weighted by Crippen LogP contribution is -2.24. The van der Waals surface area contributed by atoms with Crippen LogP contribution in [0.2, 0.25) is 0 Å². The van der Waals surface area contributed by atoms with E-state index in [0.29, 0.717) is 13.0 Å². The first-order valence-electron chi connectivity index (χ1n) is 3.79. The second kappa shape index (κ2) is 2.34. The Bertz CT molecular complexity index is 219. The van der Waals surface area contributed by atoms with E-state index in [1.54, 1.807) is 0 Å². The average molecular weight is 154 g/mol. The van der Waals surface area contributed by atoms with Gasteiger partial charge in [0.15, 0.2) is 0 Å². The fourth-order valence-corrected chi connectivity index (χ4v) is 1.52. The highest BCUT2D eigenvalue weighted by atomic mass is 16.6. The van der Waals surface area contributed by atoms with Crippen molar-refractivity contribution >= 4 is 5.97 Å². The third-order valence-corrected chi connectivity index (χ3v) is 2.19. The number of rotatable bonds is 0. The lowest BCUT2D eigenvalue weighted by Gasteiger charge is -2.22. The SMILES string of the molecule is CC1OCC=C2OC(=O)CC21. The van der Waals surface area contributed by atoms with Crippen LogP contribution >= 0.6 is 0 Å². The van der Waals surface area contributed by atoms with Crippen LogP contribution in [0.15, 0.2) is 11.8 Å². The monoisotopic (exact) mass is 154 g/mol. The van der Waals surface area contributed by atoms with E-state index < -0.39 is 0 Å². The second-order valence-corrected chi connectivity index (χ2v) is 2.93. The van der Waals surface area contributed by atoms with E-state index in [0.717, 1.165) is 5.76 Å². The summed E-state index contributed by atoms with van der Waals surface area (Å²) in [6.07, 6.45) is 2.45. The zero-order valence-corrected chi connectivity index (χ0v) is 6.37. The van der Waals surface area contributed by atoms with Crippen molar-refractivity contribution in [3.8, 4) is 0 Å². The van der Waals surface area contributed by atoms with Gasteiger partial charge in [0.1, 0.15) is 5.76 Å². The number of fused-ring (bicyclic) bond motifs is 1. The number of hydrogen-bond acceptors (Lipinski definition) is 3. The highest BCUT2D eigenvalue weighted by Gasteiger charge is 2.36. The molecule has 0 aromatic rings. The lowest BCUT2D eigenvalue weighted by molar-refractivity contribution is -0.135. The van der Waals surface area contributed by atoms with E-state index >= 15 is 0 Å². The van der Waals surface area contributed by atoms with Gasteiger partial charge >= 0.3 is 5.97 Å². The third-order valence-electron chi connectivity index (χ3n) is 2.19. The third kappa shape index (κ3) is 1.05. The summed E-state index contributed by atoms with van der Waals surface area (Å²) in [6, 6.07) is 0. The van der Waals surface area contributed by atoms with Crippen molar-refractivity contribution in [2.45, 2.75) is 19.4 Å². The molecule has 0 spiro atoms. The van der Waals surface area contributed by atoms with Crippen molar-refractivity contribution in [2.75, 3.05) is 6.61 Å². The Morgan fingerprint density at radius 3 is 3.18 bits per heavy atom. The molecular weight excluding hydrogens is 144 g/mol. The normalized spacial score (nSPS) is 36.1. The zero-order chi connectivity index (χ0) is 7.84. The molecule has 2 heterocycles. The molecule has 2 aliphatic heterocycles. The summed E-state index contributed by atoms with van der Waals surface area (Å²) in [7, 11) is 0. The Labute approximate surface area is 65.0 Å². The minimum Gasteiger partial charge on any atom is -0.431 e. The summed E-state index contributed by atoms with van der Waals surface area (Å²) in [5, 5.41) is 0. The van der Waals surface area contributed by atoms with Crippen LogP contribution in [-0.2, 0) is 14.3 Å². The molecule has 2 rings (SSSR count). The lowest BCUT2D eigenvalue weighted by atomic mass is 9.98. The molecule has 0 N–H and O–H groups in total. The summed E-state index contributed by atoms with van der Waals surface area (Å²) < 4.78 is 10.3. The summed E-state index contributed by atoms with van der Waals surface area (Å²) in [5.41, 5.74) is 0. The van der Waals surface area contributed by atoms with Crippen molar-refractivity contribution in [3.05, 3.63) is 11.8 Å². The van der Waals surface area contributed by atoms with Crippen LogP contribution in [0, 0.1) is 5.92 Å². The molecule has 2 atom stereocenters. The van der Waals surface area contributed by atoms with Gasteiger partial charge in [0.2, 0.25) is 0 Å². The molecule has 0 aromatic carbocycles. The molecule has 1 saturated heterocycles. The van der Waals surface area contributed by atoms with E-state index in [2.05, 4.69) is 0 Å². The van der Waals surface area contributed by atoms with Crippen LogP contribution in [0.1, 0.15) is 13.3 Å². The van der Waals surface area contributed by atoms with Crippen LogP contribution in [-0.4, -0.2) is 18.7 Å². The van der Waals surface area contributed by atoms with E-state index in [1.165, 1.54) is 0 Å². The molecule has 0 radical (unpaired) electrons. The maximum Gasteiger partial charge on any atom is 0.311 e. The maximum atomic E-state index is 10.8. The predicted molar refractivity (Wildman–Crippen MR) is 37.7 cm³/mol. The topological polar surface area (TPSA) is 35.5 Å². The molecule has 3 heteroatoms. The zero-order valence-electron chi connectivity index (χ0n) is 6.37. The fourth-order valence-electron chi connectivity index (χ4n) is 1.52. The minimum atomic E-state index is -0.126. The summed E-state index contributed by atoms with van der Waals surface area (Å²) in [4.78, 5) is 10.8.